The number of rotatable bonds is 2. The van der Waals surface area contributed by atoms with Gasteiger partial charge in [-0.1, -0.05) is 44.2 Å². The number of carbonyl (C=O) groups excluding carboxylic acids is 1. The molecule has 26 heavy (non-hydrogen) atoms. The van der Waals surface area contributed by atoms with Crippen LogP contribution < -0.4 is 0 Å². The fraction of sp³-hybridized carbons (Fsp3) is 0.455. The molecule has 2 aromatic rings. The predicted molar refractivity (Wildman–Crippen MR) is 100 cm³/mol. The van der Waals surface area contributed by atoms with Gasteiger partial charge >= 0.3 is 0 Å². The molecule has 0 saturated heterocycles. The van der Waals surface area contributed by atoms with E-state index in [1.165, 1.54) is 5.56 Å². The molecule has 4 rings (SSSR count). The van der Waals surface area contributed by atoms with Crippen molar-refractivity contribution in [2.45, 2.75) is 51.0 Å². The molecule has 0 N–H and O–H groups in total. The van der Waals surface area contributed by atoms with Crippen molar-refractivity contribution in [1.82, 2.24) is 9.97 Å². The average molecular weight is 345 g/mol. The van der Waals surface area contributed by atoms with Crippen molar-refractivity contribution in [3.63, 3.8) is 0 Å². The SMILES string of the molecule is [C-]#[N+]C1C[C@]2(C)c3nc(-c4ccccc4)ncc3CC[C@H]2[C@H](CC)C1=O. The summed E-state index contributed by atoms with van der Waals surface area (Å²) in [6.07, 6.45) is 5.23. The molecule has 4 nitrogen and oxygen atoms in total. The number of hydrogen-bond donors (Lipinski definition) is 0. The van der Waals surface area contributed by atoms with Crippen LogP contribution in [0.25, 0.3) is 16.2 Å². The predicted octanol–water partition coefficient (Wildman–Crippen LogP) is 4.25. The normalized spacial score (nSPS) is 30.2. The van der Waals surface area contributed by atoms with E-state index in [1.807, 2.05) is 36.5 Å². The molecule has 0 radical (unpaired) electrons. The zero-order chi connectivity index (χ0) is 18.3. The Bertz CT molecular complexity index is 886. The third kappa shape index (κ3) is 2.46. The summed E-state index contributed by atoms with van der Waals surface area (Å²) in [6, 6.07) is 9.46. The molecule has 0 aliphatic heterocycles. The van der Waals surface area contributed by atoms with Gasteiger partial charge in [0.25, 0.3) is 6.04 Å². The number of Topliss-reactive ketones (excluding diaryl/α,β-unsaturated/α-hetero) is 1. The zero-order valence-electron chi connectivity index (χ0n) is 15.3. The number of aryl methyl sites for hydroxylation is 1. The first-order chi connectivity index (χ1) is 12.6. The van der Waals surface area contributed by atoms with Gasteiger partial charge < -0.3 is 4.85 Å². The number of benzene rings is 1. The van der Waals surface area contributed by atoms with Gasteiger partial charge in [0.1, 0.15) is 0 Å². The minimum atomic E-state index is -0.540. The number of aromatic nitrogens is 2. The highest BCUT2D eigenvalue weighted by atomic mass is 16.1. The fourth-order valence-electron chi connectivity index (χ4n) is 5.05. The van der Waals surface area contributed by atoms with Gasteiger partial charge in [-0.3, -0.25) is 4.79 Å². The summed E-state index contributed by atoms with van der Waals surface area (Å²) in [6.45, 7) is 11.8. The topological polar surface area (TPSA) is 47.2 Å². The lowest BCUT2D eigenvalue weighted by atomic mass is 9.54. The molecule has 2 aliphatic rings. The molecule has 0 spiro atoms. The maximum atomic E-state index is 12.7. The second-order valence-electron chi connectivity index (χ2n) is 7.76. The third-order valence-electron chi connectivity index (χ3n) is 6.37. The van der Waals surface area contributed by atoms with Crippen LogP contribution in [0.2, 0.25) is 0 Å². The Labute approximate surface area is 154 Å². The highest BCUT2D eigenvalue weighted by Crippen LogP contribution is 2.52. The lowest BCUT2D eigenvalue weighted by Gasteiger charge is -2.48. The molecule has 1 aromatic carbocycles. The van der Waals surface area contributed by atoms with E-state index in [-0.39, 0.29) is 23.0 Å². The van der Waals surface area contributed by atoms with Crippen molar-refractivity contribution >= 4 is 5.78 Å². The van der Waals surface area contributed by atoms with Crippen molar-refractivity contribution in [3.05, 3.63) is 59.2 Å². The monoisotopic (exact) mass is 345 g/mol. The Morgan fingerprint density at radius 3 is 2.77 bits per heavy atom. The molecular formula is C22H23N3O. The van der Waals surface area contributed by atoms with Gasteiger partial charge in [-0.15, -0.1) is 0 Å². The van der Waals surface area contributed by atoms with Crippen LogP contribution in [0, 0.1) is 18.4 Å². The van der Waals surface area contributed by atoms with Gasteiger partial charge in [-0.25, -0.2) is 16.5 Å². The summed E-state index contributed by atoms with van der Waals surface area (Å²) in [5.74, 6) is 1.11. The molecular weight excluding hydrogens is 322 g/mol. The molecule has 4 heteroatoms. The van der Waals surface area contributed by atoms with Crippen LogP contribution in [0.1, 0.15) is 44.4 Å². The van der Waals surface area contributed by atoms with Crippen LogP contribution in [-0.4, -0.2) is 21.8 Å². The number of carbonyl (C=O) groups is 1. The van der Waals surface area contributed by atoms with Crippen LogP contribution in [0.4, 0.5) is 0 Å². The summed E-state index contributed by atoms with van der Waals surface area (Å²) < 4.78 is 0. The molecule has 2 aliphatic carbocycles. The van der Waals surface area contributed by atoms with E-state index in [4.69, 9.17) is 11.6 Å². The minimum absolute atomic E-state index is 0.0314. The smallest absolute Gasteiger partial charge is 0.282 e. The van der Waals surface area contributed by atoms with Crippen molar-refractivity contribution in [2.24, 2.45) is 11.8 Å². The Kier molecular flexibility index (Phi) is 4.11. The molecule has 1 heterocycles. The first-order valence-electron chi connectivity index (χ1n) is 9.40. The summed E-state index contributed by atoms with van der Waals surface area (Å²) in [5.41, 5.74) is 3.00. The Morgan fingerprint density at radius 1 is 1.31 bits per heavy atom. The van der Waals surface area contributed by atoms with E-state index in [9.17, 15) is 4.79 Å². The maximum absolute atomic E-state index is 12.7. The Balaban J connectivity index is 1.84. The van der Waals surface area contributed by atoms with Gasteiger partial charge in [0.2, 0.25) is 5.78 Å². The average Bonchev–Trinajstić information content (AvgIpc) is 2.68. The molecule has 0 bridgehead atoms. The van der Waals surface area contributed by atoms with E-state index in [0.29, 0.717) is 6.42 Å². The summed E-state index contributed by atoms with van der Waals surface area (Å²) in [4.78, 5) is 26.0. The van der Waals surface area contributed by atoms with E-state index < -0.39 is 6.04 Å². The van der Waals surface area contributed by atoms with Gasteiger partial charge in [-0.2, -0.15) is 0 Å². The van der Waals surface area contributed by atoms with Gasteiger partial charge in [0.05, 0.1) is 5.69 Å². The number of fused-ring (bicyclic) bond motifs is 3. The molecule has 4 atom stereocenters. The number of hydrogen-bond acceptors (Lipinski definition) is 3. The minimum Gasteiger partial charge on any atom is -0.305 e. The second kappa shape index (κ2) is 6.32. The van der Waals surface area contributed by atoms with Crippen LogP contribution >= 0.6 is 0 Å². The first kappa shape index (κ1) is 16.9. The third-order valence-corrected chi connectivity index (χ3v) is 6.37. The molecule has 1 aromatic heterocycles. The van der Waals surface area contributed by atoms with E-state index in [1.54, 1.807) is 0 Å². The summed E-state index contributed by atoms with van der Waals surface area (Å²) in [5, 5.41) is 0. The van der Waals surface area contributed by atoms with Crippen molar-refractivity contribution in [2.75, 3.05) is 0 Å². The summed E-state index contributed by atoms with van der Waals surface area (Å²) >= 11 is 0. The largest absolute Gasteiger partial charge is 0.305 e. The van der Waals surface area contributed by atoms with Crippen molar-refractivity contribution in [3.8, 4) is 11.4 Å². The fourth-order valence-corrected chi connectivity index (χ4v) is 5.05. The Morgan fingerprint density at radius 2 is 2.08 bits per heavy atom. The zero-order valence-corrected chi connectivity index (χ0v) is 15.3. The van der Waals surface area contributed by atoms with Crippen molar-refractivity contribution in [1.29, 1.82) is 0 Å². The Hall–Kier alpha value is -2.54. The van der Waals surface area contributed by atoms with Crippen LogP contribution in [-0.2, 0) is 16.6 Å². The highest BCUT2D eigenvalue weighted by Gasteiger charge is 2.55. The number of nitrogens with zero attached hydrogens (tertiary/aromatic N) is 3. The molecule has 1 fully saturated rings. The van der Waals surface area contributed by atoms with Gasteiger partial charge in [-0.05, 0) is 30.7 Å². The van der Waals surface area contributed by atoms with Gasteiger partial charge in [0, 0.05) is 29.5 Å². The molecule has 1 unspecified atom stereocenters. The lowest BCUT2D eigenvalue weighted by Crippen LogP contribution is -2.52. The second-order valence-corrected chi connectivity index (χ2v) is 7.76. The van der Waals surface area contributed by atoms with Crippen LogP contribution in [0.15, 0.2) is 36.5 Å². The van der Waals surface area contributed by atoms with Crippen LogP contribution in [0.3, 0.4) is 0 Å². The van der Waals surface area contributed by atoms with E-state index >= 15 is 0 Å². The van der Waals surface area contributed by atoms with Gasteiger partial charge in [0.15, 0.2) is 5.82 Å². The van der Waals surface area contributed by atoms with E-state index in [0.717, 1.165) is 36.3 Å². The standard InChI is InChI=1S/C22H23N3O/c1-4-16-17-11-10-15-13-24-21(14-8-6-5-7-9-14)25-20(15)22(17,2)12-18(23-3)19(16)26/h5-9,13,16-18H,4,10-12H2,1-2H3/t16-,17-,18?,22-/m0/s1. The van der Waals surface area contributed by atoms with E-state index in [2.05, 4.69) is 23.7 Å². The summed E-state index contributed by atoms with van der Waals surface area (Å²) in [7, 11) is 0. The highest BCUT2D eigenvalue weighted by molar-refractivity contribution is 5.89. The first-order valence-corrected chi connectivity index (χ1v) is 9.40. The number of ketones is 1. The quantitative estimate of drug-likeness (QED) is 0.765. The molecule has 0 amide bonds. The lowest BCUT2D eigenvalue weighted by molar-refractivity contribution is -0.130. The maximum Gasteiger partial charge on any atom is 0.282 e. The van der Waals surface area contributed by atoms with Crippen molar-refractivity contribution < 1.29 is 4.79 Å². The molecule has 1 saturated carbocycles. The van der Waals surface area contributed by atoms with Crippen LogP contribution in [0.5, 0.6) is 0 Å². The molecule has 132 valence electrons.